The van der Waals surface area contributed by atoms with Crippen LogP contribution < -0.4 is 4.90 Å². The molecule has 0 N–H and O–H groups in total. The minimum Gasteiger partial charge on any atom is -0.365 e. The number of nitriles is 1. The molecule has 1 aromatic carbocycles. The topological polar surface area (TPSA) is 70.2 Å². The highest BCUT2D eigenvalue weighted by atomic mass is 79.9. The van der Waals surface area contributed by atoms with Gasteiger partial charge in [-0.1, -0.05) is 29.8 Å². The number of nitrogens with zero attached hydrogens (tertiary/aromatic N) is 3. The van der Waals surface area contributed by atoms with E-state index in [1.807, 2.05) is 18.7 Å². The lowest BCUT2D eigenvalue weighted by molar-refractivity contribution is -0.384. The van der Waals surface area contributed by atoms with E-state index in [1.165, 1.54) is 6.07 Å². The average Bonchev–Trinajstić information content (AvgIpc) is 2.33. The Labute approximate surface area is 121 Å². The summed E-state index contributed by atoms with van der Waals surface area (Å²) < 4.78 is 0.791. The zero-order valence-corrected chi connectivity index (χ0v) is 12.6. The fourth-order valence-corrected chi connectivity index (χ4v) is 2.19. The second-order valence-electron chi connectivity index (χ2n) is 4.64. The van der Waals surface area contributed by atoms with Crippen molar-refractivity contribution in [1.29, 1.82) is 5.26 Å². The highest BCUT2D eigenvalue weighted by Gasteiger charge is 2.20. The van der Waals surface area contributed by atoms with E-state index in [-0.39, 0.29) is 10.6 Å². The third-order valence-electron chi connectivity index (χ3n) is 2.55. The third-order valence-corrected chi connectivity index (χ3v) is 3.05. The van der Waals surface area contributed by atoms with Gasteiger partial charge >= 0.3 is 0 Å². The van der Waals surface area contributed by atoms with Crippen molar-refractivity contribution >= 4 is 27.3 Å². The molecule has 0 amide bonds. The molecule has 0 bridgehead atoms. The maximum absolute atomic E-state index is 11.1. The SMILES string of the molecule is CC(C)CN(CCC#N)c1cc(Br)ccc1[N+](=O)[O-]. The zero-order chi connectivity index (χ0) is 14.4. The molecule has 0 atom stereocenters. The van der Waals surface area contributed by atoms with Gasteiger partial charge in [-0.05, 0) is 18.1 Å². The summed E-state index contributed by atoms with van der Waals surface area (Å²) in [7, 11) is 0. The van der Waals surface area contributed by atoms with Crippen molar-refractivity contribution in [2.24, 2.45) is 5.92 Å². The van der Waals surface area contributed by atoms with Crippen LogP contribution in [0.4, 0.5) is 11.4 Å². The van der Waals surface area contributed by atoms with Crippen LogP contribution in [0.2, 0.25) is 0 Å². The molecule has 19 heavy (non-hydrogen) atoms. The minimum absolute atomic E-state index is 0.0711. The first kappa shape index (κ1) is 15.4. The van der Waals surface area contributed by atoms with Crippen molar-refractivity contribution < 1.29 is 4.92 Å². The van der Waals surface area contributed by atoms with Gasteiger partial charge in [0.1, 0.15) is 5.69 Å². The Kier molecular flexibility index (Phi) is 5.77. The normalized spacial score (nSPS) is 10.3. The molecule has 1 rings (SSSR count). The van der Waals surface area contributed by atoms with Gasteiger partial charge in [-0.25, -0.2) is 0 Å². The lowest BCUT2D eigenvalue weighted by Gasteiger charge is -2.25. The van der Waals surface area contributed by atoms with Gasteiger partial charge in [-0.3, -0.25) is 10.1 Å². The van der Waals surface area contributed by atoms with Crippen molar-refractivity contribution in [2.45, 2.75) is 20.3 Å². The van der Waals surface area contributed by atoms with Crippen molar-refractivity contribution in [3.63, 3.8) is 0 Å². The van der Waals surface area contributed by atoms with E-state index >= 15 is 0 Å². The number of anilines is 1. The van der Waals surface area contributed by atoms with Crippen LogP contribution in [0, 0.1) is 27.4 Å². The van der Waals surface area contributed by atoms with Crippen LogP contribution in [0.5, 0.6) is 0 Å². The fourth-order valence-electron chi connectivity index (χ4n) is 1.84. The molecule has 0 unspecified atom stereocenters. The van der Waals surface area contributed by atoms with Gasteiger partial charge in [0.15, 0.2) is 0 Å². The third kappa shape index (κ3) is 4.52. The molecule has 0 aliphatic heterocycles. The number of rotatable bonds is 6. The molecule has 0 spiro atoms. The standard InChI is InChI=1S/C13H16BrN3O2/c1-10(2)9-16(7-3-6-15)13-8-11(14)4-5-12(13)17(18)19/h4-5,8,10H,3,7,9H2,1-2H3. The van der Waals surface area contributed by atoms with Crippen LogP contribution in [-0.2, 0) is 0 Å². The Morgan fingerprint density at radius 1 is 1.53 bits per heavy atom. The van der Waals surface area contributed by atoms with Gasteiger partial charge in [0, 0.05) is 23.6 Å². The van der Waals surface area contributed by atoms with Crippen LogP contribution in [0.1, 0.15) is 20.3 Å². The van der Waals surface area contributed by atoms with Crippen LogP contribution in [0.25, 0.3) is 0 Å². The van der Waals surface area contributed by atoms with Gasteiger partial charge in [0.2, 0.25) is 0 Å². The summed E-state index contributed by atoms with van der Waals surface area (Å²) in [6.07, 6.45) is 0.344. The Balaban J connectivity index is 3.15. The second-order valence-corrected chi connectivity index (χ2v) is 5.55. The highest BCUT2D eigenvalue weighted by molar-refractivity contribution is 9.10. The molecule has 0 heterocycles. The van der Waals surface area contributed by atoms with E-state index < -0.39 is 0 Å². The Morgan fingerprint density at radius 2 is 2.21 bits per heavy atom. The zero-order valence-electron chi connectivity index (χ0n) is 11.0. The second kappa shape index (κ2) is 7.10. The Bertz CT molecular complexity index is 497. The predicted octanol–water partition coefficient (Wildman–Crippen LogP) is 3.73. The molecular weight excluding hydrogens is 310 g/mol. The van der Waals surface area contributed by atoms with Crippen LogP contribution >= 0.6 is 15.9 Å². The smallest absolute Gasteiger partial charge is 0.292 e. The van der Waals surface area contributed by atoms with Gasteiger partial charge in [0.05, 0.1) is 17.4 Å². The van der Waals surface area contributed by atoms with Crippen molar-refractivity contribution in [3.8, 4) is 6.07 Å². The first-order valence-electron chi connectivity index (χ1n) is 6.01. The van der Waals surface area contributed by atoms with Crippen molar-refractivity contribution in [1.82, 2.24) is 0 Å². The van der Waals surface area contributed by atoms with Gasteiger partial charge < -0.3 is 4.90 Å². The maximum Gasteiger partial charge on any atom is 0.292 e. The molecule has 0 aliphatic carbocycles. The molecule has 5 nitrogen and oxygen atoms in total. The highest BCUT2D eigenvalue weighted by Crippen LogP contribution is 2.31. The van der Waals surface area contributed by atoms with E-state index in [0.29, 0.717) is 31.1 Å². The summed E-state index contributed by atoms with van der Waals surface area (Å²) in [6, 6.07) is 6.95. The number of hydrogen-bond donors (Lipinski definition) is 0. The van der Waals surface area contributed by atoms with Gasteiger partial charge in [-0.2, -0.15) is 5.26 Å². The van der Waals surface area contributed by atoms with Crippen LogP contribution in [0.15, 0.2) is 22.7 Å². The summed E-state index contributed by atoms with van der Waals surface area (Å²) in [5, 5.41) is 19.8. The lowest BCUT2D eigenvalue weighted by atomic mass is 10.1. The number of nitro groups is 1. The van der Waals surface area contributed by atoms with E-state index in [1.54, 1.807) is 12.1 Å². The number of nitro benzene ring substituents is 1. The molecule has 1 aromatic rings. The van der Waals surface area contributed by atoms with E-state index in [0.717, 1.165) is 4.47 Å². The van der Waals surface area contributed by atoms with E-state index in [2.05, 4.69) is 22.0 Å². The van der Waals surface area contributed by atoms with Crippen LogP contribution in [-0.4, -0.2) is 18.0 Å². The monoisotopic (exact) mass is 325 g/mol. The number of benzene rings is 1. The first-order chi connectivity index (χ1) is 8.95. The molecule has 0 aromatic heterocycles. The molecule has 0 saturated carbocycles. The largest absolute Gasteiger partial charge is 0.365 e. The van der Waals surface area contributed by atoms with E-state index in [9.17, 15) is 10.1 Å². The summed E-state index contributed by atoms with van der Waals surface area (Å²) in [6.45, 7) is 5.26. The number of halogens is 1. The molecule has 6 heteroatoms. The molecule has 0 saturated heterocycles. The quantitative estimate of drug-likeness (QED) is 0.590. The van der Waals surface area contributed by atoms with Crippen molar-refractivity contribution in [2.75, 3.05) is 18.0 Å². The molecule has 0 fully saturated rings. The summed E-state index contributed by atoms with van der Waals surface area (Å²) in [4.78, 5) is 12.6. The Hall–Kier alpha value is -1.61. The van der Waals surface area contributed by atoms with Crippen LogP contribution in [0.3, 0.4) is 0 Å². The Morgan fingerprint density at radius 3 is 2.74 bits per heavy atom. The van der Waals surface area contributed by atoms with E-state index in [4.69, 9.17) is 5.26 Å². The summed E-state index contributed by atoms with van der Waals surface area (Å²) in [5.41, 5.74) is 0.630. The maximum atomic E-state index is 11.1. The molecule has 0 aliphatic rings. The van der Waals surface area contributed by atoms with Crippen molar-refractivity contribution in [3.05, 3.63) is 32.8 Å². The van der Waals surface area contributed by atoms with Gasteiger partial charge in [-0.15, -0.1) is 0 Å². The summed E-state index contributed by atoms with van der Waals surface area (Å²) >= 11 is 3.33. The first-order valence-corrected chi connectivity index (χ1v) is 6.80. The van der Waals surface area contributed by atoms with Gasteiger partial charge in [0.25, 0.3) is 5.69 Å². The summed E-state index contributed by atoms with van der Waals surface area (Å²) in [5.74, 6) is 0.359. The fraction of sp³-hybridized carbons (Fsp3) is 0.462. The lowest BCUT2D eigenvalue weighted by Crippen LogP contribution is -2.29. The molecule has 0 radical (unpaired) electrons. The predicted molar refractivity (Wildman–Crippen MR) is 78.1 cm³/mol. The molecular formula is C13H16BrN3O2. The molecule has 102 valence electrons. The number of hydrogen-bond acceptors (Lipinski definition) is 4. The minimum atomic E-state index is -0.387. The average molecular weight is 326 g/mol.